The first kappa shape index (κ1) is 18.9. The van der Waals surface area contributed by atoms with Gasteiger partial charge in [-0.1, -0.05) is 78.9 Å². The lowest BCUT2D eigenvalue weighted by atomic mass is 9.71. The Hall–Kier alpha value is -3.15. The zero-order valence-electron chi connectivity index (χ0n) is 16.4. The molecule has 1 aliphatic carbocycles. The number of hydrogen-bond donors (Lipinski definition) is 2. The molecule has 0 amide bonds. The van der Waals surface area contributed by atoms with E-state index in [1.807, 2.05) is 66.7 Å². The van der Waals surface area contributed by atoms with Gasteiger partial charge in [0.1, 0.15) is 11.9 Å². The van der Waals surface area contributed by atoms with E-state index in [0.717, 1.165) is 5.56 Å². The molecule has 2 aliphatic rings. The lowest BCUT2D eigenvalue weighted by Gasteiger charge is -2.40. The van der Waals surface area contributed by atoms with E-state index in [2.05, 4.69) is 0 Å². The number of aliphatic hydroxyl groups is 2. The Balaban J connectivity index is 1.87. The van der Waals surface area contributed by atoms with Gasteiger partial charge < -0.3 is 19.7 Å². The number of aliphatic hydroxyl groups excluding tert-OH is 1. The first-order valence-corrected chi connectivity index (χ1v) is 9.93. The summed E-state index contributed by atoms with van der Waals surface area (Å²) >= 11 is 0. The summed E-state index contributed by atoms with van der Waals surface area (Å²) in [7, 11) is 1.29. The van der Waals surface area contributed by atoms with Crippen LogP contribution in [0.4, 0.5) is 0 Å². The average molecular weight is 402 g/mol. The van der Waals surface area contributed by atoms with Crippen LogP contribution in [0, 0.1) is 5.92 Å². The van der Waals surface area contributed by atoms with Gasteiger partial charge in [-0.3, -0.25) is 4.79 Å². The molecule has 5 atom stereocenters. The fraction of sp³-hybridized carbons (Fsp3) is 0.240. The van der Waals surface area contributed by atoms with E-state index >= 15 is 0 Å². The third-order valence-electron chi connectivity index (χ3n) is 6.53. The van der Waals surface area contributed by atoms with Crippen LogP contribution in [0.2, 0.25) is 0 Å². The second kappa shape index (κ2) is 6.69. The molecule has 0 bridgehead atoms. The van der Waals surface area contributed by atoms with Crippen molar-refractivity contribution in [3.8, 4) is 5.75 Å². The van der Waals surface area contributed by atoms with Gasteiger partial charge in [0.15, 0.2) is 11.2 Å². The Morgan fingerprint density at radius 3 is 2.20 bits per heavy atom. The predicted molar refractivity (Wildman–Crippen MR) is 110 cm³/mol. The highest BCUT2D eigenvalue weighted by Crippen LogP contribution is 2.68. The Labute approximate surface area is 174 Å². The fourth-order valence-corrected chi connectivity index (χ4v) is 5.34. The molecule has 30 heavy (non-hydrogen) atoms. The lowest BCUT2D eigenvalue weighted by molar-refractivity contribution is -0.161. The topological polar surface area (TPSA) is 76.0 Å². The van der Waals surface area contributed by atoms with E-state index in [4.69, 9.17) is 9.47 Å². The number of benzene rings is 3. The molecule has 2 N–H and O–H groups in total. The molecule has 0 spiro atoms. The number of carbonyl (C=O) groups excluding carboxylic acids is 1. The minimum absolute atomic E-state index is 0.466. The molecule has 0 radical (unpaired) electrons. The van der Waals surface area contributed by atoms with E-state index in [-0.39, 0.29) is 0 Å². The molecule has 1 saturated carbocycles. The first-order chi connectivity index (χ1) is 14.6. The molecule has 152 valence electrons. The van der Waals surface area contributed by atoms with Crippen LogP contribution in [-0.2, 0) is 20.7 Å². The van der Waals surface area contributed by atoms with Crippen molar-refractivity contribution in [2.45, 2.75) is 23.2 Å². The molecular formula is C25H22O5. The molecule has 0 unspecified atom stereocenters. The van der Waals surface area contributed by atoms with Crippen molar-refractivity contribution < 1.29 is 24.5 Å². The molecule has 1 aliphatic heterocycles. The number of para-hydroxylation sites is 1. The molecule has 0 saturated heterocycles. The lowest BCUT2D eigenvalue weighted by Crippen LogP contribution is -2.52. The summed E-state index contributed by atoms with van der Waals surface area (Å²) in [6, 6.07) is 25.8. The molecule has 5 rings (SSSR count). The number of methoxy groups -OCH3 is 1. The van der Waals surface area contributed by atoms with Crippen LogP contribution >= 0.6 is 0 Å². The average Bonchev–Trinajstić information content (AvgIpc) is 3.18. The molecular weight excluding hydrogens is 380 g/mol. The Morgan fingerprint density at radius 2 is 1.53 bits per heavy atom. The van der Waals surface area contributed by atoms with Gasteiger partial charge in [0.25, 0.3) is 0 Å². The number of rotatable bonds is 3. The van der Waals surface area contributed by atoms with Crippen LogP contribution in [0.1, 0.15) is 22.6 Å². The summed E-state index contributed by atoms with van der Waals surface area (Å²) in [6.45, 7) is 0. The molecule has 1 fully saturated rings. The van der Waals surface area contributed by atoms with Crippen molar-refractivity contribution in [3.05, 3.63) is 102 Å². The molecule has 3 aromatic carbocycles. The van der Waals surface area contributed by atoms with E-state index in [9.17, 15) is 15.0 Å². The van der Waals surface area contributed by atoms with Gasteiger partial charge in [0.05, 0.1) is 13.0 Å². The molecule has 3 aromatic rings. The smallest absolute Gasteiger partial charge is 0.312 e. The van der Waals surface area contributed by atoms with Crippen molar-refractivity contribution in [2.24, 2.45) is 5.92 Å². The first-order valence-electron chi connectivity index (χ1n) is 9.93. The Kier molecular flexibility index (Phi) is 4.20. The maximum Gasteiger partial charge on any atom is 0.312 e. The largest absolute Gasteiger partial charge is 0.478 e. The number of fused-ring (bicyclic) bond motifs is 3. The van der Waals surface area contributed by atoms with E-state index in [0.29, 0.717) is 16.9 Å². The summed E-state index contributed by atoms with van der Waals surface area (Å²) in [4.78, 5) is 12.9. The summed E-state index contributed by atoms with van der Waals surface area (Å²) in [5.41, 5.74) is -1.32. The van der Waals surface area contributed by atoms with Gasteiger partial charge in [0, 0.05) is 11.5 Å². The SMILES string of the molecule is COC(=O)[C@H]1[C@@H](O)[C@@]2(O)c3ccccc3O[C@@]2(c2ccccc2)[C@@H]1c1ccccc1. The van der Waals surface area contributed by atoms with Gasteiger partial charge >= 0.3 is 5.97 Å². The summed E-state index contributed by atoms with van der Waals surface area (Å²) in [6.07, 6.45) is -1.43. The second-order valence-corrected chi connectivity index (χ2v) is 7.85. The summed E-state index contributed by atoms with van der Waals surface area (Å²) in [5, 5.41) is 23.7. The molecule has 1 heterocycles. The van der Waals surface area contributed by atoms with Crippen molar-refractivity contribution in [2.75, 3.05) is 7.11 Å². The minimum atomic E-state index is -1.84. The van der Waals surface area contributed by atoms with Gasteiger partial charge in [-0.25, -0.2) is 0 Å². The van der Waals surface area contributed by atoms with Crippen LogP contribution in [0.5, 0.6) is 5.75 Å². The van der Waals surface area contributed by atoms with Gasteiger partial charge in [-0.05, 0) is 17.2 Å². The third-order valence-corrected chi connectivity index (χ3v) is 6.53. The standard InChI is InChI=1S/C25H22O5/c1-29-23(27)20-21(16-10-4-2-5-11-16)25(17-12-6-3-7-13-17)24(28,22(20)26)18-14-8-9-15-19(18)30-25/h2-15,20-22,26,28H,1H3/t20-,21-,22-,24+,25+/m1/s1. The summed E-state index contributed by atoms with van der Waals surface area (Å²) in [5.74, 6) is -1.79. The molecule has 0 aromatic heterocycles. The van der Waals surface area contributed by atoms with E-state index in [1.54, 1.807) is 18.2 Å². The fourth-order valence-electron chi connectivity index (χ4n) is 5.34. The van der Waals surface area contributed by atoms with Crippen molar-refractivity contribution in [1.29, 1.82) is 0 Å². The van der Waals surface area contributed by atoms with Crippen LogP contribution in [0.25, 0.3) is 0 Å². The van der Waals surface area contributed by atoms with Crippen LogP contribution in [0.3, 0.4) is 0 Å². The molecule has 5 nitrogen and oxygen atoms in total. The normalized spacial score (nSPS) is 31.5. The third kappa shape index (κ3) is 2.22. The van der Waals surface area contributed by atoms with Gasteiger partial charge in [-0.15, -0.1) is 0 Å². The van der Waals surface area contributed by atoms with Crippen LogP contribution < -0.4 is 4.74 Å². The van der Waals surface area contributed by atoms with Gasteiger partial charge in [-0.2, -0.15) is 0 Å². The van der Waals surface area contributed by atoms with Crippen molar-refractivity contribution >= 4 is 5.97 Å². The van der Waals surface area contributed by atoms with Crippen LogP contribution in [-0.4, -0.2) is 29.4 Å². The maximum absolute atomic E-state index is 12.9. The zero-order chi connectivity index (χ0) is 20.9. The minimum Gasteiger partial charge on any atom is -0.478 e. The van der Waals surface area contributed by atoms with Crippen molar-refractivity contribution in [3.63, 3.8) is 0 Å². The highest BCUT2D eigenvalue weighted by atomic mass is 16.5. The molecule has 5 heteroatoms. The number of hydrogen-bond acceptors (Lipinski definition) is 5. The predicted octanol–water partition coefficient (Wildman–Crippen LogP) is 3.11. The van der Waals surface area contributed by atoms with Crippen LogP contribution in [0.15, 0.2) is 84.9 Å². The van der Waals surface area contributed by atoms with Crippen molar-refractivity contribution in [1.82, 2.24) is 0 Å². The Morgan fingerprint density at radius 1 is 0.933 bits per heavy atom. The number of carbonyl (C=O) groups is 1. The zero-order valence-corrected chi connectivity index (χ0v) is 16.4. The van der Waals surface area contributed by atoms with E-state index in [1.165, 1.54) is 7.11 Å². The van der Waals surface area contributed by atoms with Gasteiger partial charge in [0.2, 0.25) is 0 Å². The Bertz CT molecular complexity index is 1080. The summed E-state index contributed by atoms with van der Waals surface area (Å²) < 4.78 is 11.6. The highest BCUT2D eigenvalue weighted by Gasteiger charge is 2.77. The highest BCUT2D eigenvalue weighted by molar-refractivity contribution is 5.77. The number of esters is 1. The van der Waals surface area contributed by atoms with E-state index < -0.39 is 35.1 Å². The quantitative estimate of drug-likeness (QED) is 0.659. The monoisotopic (exact) mass is 402 g/mol. The second-order valence-electron chi connectivity index (χ2n) is 7.85. The number of ether oxygens (including phenoxy) is 2. The maximum atomic E-state index is 12.9.